The minimum atomic E-state index is -0.485. The van der Waals surface area contributed by atoms with E-state index in [1.807, 2.05) is 74.0 Å². The normalized spacial score (nSPS) is 11.4. The Bertz CT molecular complexity index is 1210. The Balaban J connectivity index is 1.32. The molecule has 0 aliphatic rings. The number of aromatic nitrogens is 2. The van der Waals surface area contributed by atoms with Gasteiger partial charge < -0.3 is 19.4 Å². The summed E-state index contributed by atoms with van der Waals surface area (Å²) in [5.41, 5.74) is 3.79. The smallest absolute Gasteiger partial charge is 0.326 e. The Hall–Kier alpha value is -3.80. The third kappa shape index (κ3) is 6.35. The van der Waals surface area contributed by atoms with Gasteiger partial charge in [0.25, 0.3) is 0 Å². The molecule has 2 aromatic carbocycles. The molecule has 0 unspecified atom stereocenters. The second-order valence-electron chi connectivity index (χ2n) is 8.95. The molecule has 170 valence electrons. The molecule has 0 saturated carbocycles. The van der Waals surface area contributed by atoms with Crippen molar-refractivity contribution in [3.05, 3.63) is 90.4 Å². The lowest BCUT2D eigenvalue weighted by atomic mass is 10.2. The highest BCUT2D eigenvalue weighted by atomic mass is 16.6. The number of benzene rings is 2. The molecule has 2 aromatic heterocycles. The van der Waals surface area contributed by atoms with Crippen molar-refractivity contribution in [3.63, 3.8) is 0 Å². The molecular weight excluding hydrogens is 414 g/mol. The molecule has 4 aromatic rings. The Morgan fingerprint density at radius 1 is 0.970 bits per heavy atom. The van der Waals surface area contributed by atoms with Crippen LogP contribution in [-0.2, 0) is 29.2 Å². The molecule has 33 heavy (non-hydrogen) atoms. The SMILES string of the molecule is CC(C)(C)OC(=O)Cn1ccc2cc(NCc3ccc(OCc4ccncc4)cc3)ccc21. The molecule has 0 amide bonds. The van der Waals surface area contributed by atoms with E-state index >= 15 is 0 Å². The minimum Gasteiger partial charge on any atom is -0.489 e. The van der Waals surface area contributed by atoms with Crippen LogP contribution in [0.4, 0.5) is 5.69 Å². The summed E-state index contributed by atoms with van der Waals surface area (Å²) in [4.78, 5) is 16.2. The van der Waals surface area contributed by atoms with Gasteiger partial charge in [-0.15, -0.1) is 0 Å². The van der Waals surface area contributed by atoms with Gasteiger partial charge in [0.1, 0.15) is 24.5 Å². The van der Waals surface area contributed by atoms with Crippen molar-refractivity contribution < 1.29 is 14.3 Å². The average Bonchev–Trinajstić information content (AvgIpc) is 3.18. The molecule has 6 nitrogen and oxygen atoms in total. The largest absolute Gasteiger partial charge is 0.489 e. The summed E-state index contributed by atoms with van der Waals surface area (Å²) in [6.07, 6.45) is 5.45. The predicted molar refractivity (Wildman–Crippen MR) is 130 cm³/mol. The van der Waals surface area contributed by atoms with Gasteiger partial charge in [0.05, 0.1) is 0 Å². The molecule has 0 fully saturated rings. The van der Waals surface area contributed by atoms with Gasteiger partial charge in [-0.25, -0.2) is 0 Å². The van der Waals surface area contributed by atoms with Gasteiger partial charge in [0.15, 0.2) is 0 Å². The monoisotopic (exact) mass is 443 g/mol. The predicted octanol–water partition coefficient (Wildman–Crippen LogP) is 5.57. The number of rotatable bonds is 8. The van der Waals surface area contributed by atoms with E-state index < -0.39 is 5.60 Å². The molecule has 0 atom stereocenters. The number of ether oxygens (including phenoxy) is 2. The second kappa shape index (κ2) is 9.77. The van der Waals surface area contributed by atoms with Crippen molar-refractivity contribution in [2.75, 3.05) is 5.32 Å². The fourth-order valence-electron chi connectivity index (χ4n) is 3.51. The highest BCUT2D eigenvalue weighted by Gasteiger charge is 2.17. The average molecular weight is 444 g/mol. The van der Waals surface area contributed by atoms with Gasteiger partial charge in [0.2, 0.25) is 0 Å². The maximum absolute atomic E-state index is 12.2. The maximum atomic E-state index is 12.2. The first-order valence-corrected chi connectivity index (χ1v) is 11.0. The maximum Gasteiger partial charge on any atom is 0.326 e. The van der Waals surface area contributed by atoms with Crippen molar-refractivity contribution in [1.82, 2.24) is 9.55 Å². The summed E-state index contributed by atoms with van der Waals surface area (Å²) in [5.74, 6) is 0.596. The van der Waals surface area contributed by atoms with Crippen molar-refractivity contribution in [3.8, 4) is 5.75 Å². The number of nitrogens with zero attached hydrogens (tertiary/aromatic N) is 2. The Morgan fingerprint density at radius 3 is 2.45 bits per heavy atom. The zero-order chi connectivity index (χ0) is 23.3. The van der Waals surface area contributed by atoms with Gasteiger partial charge in [-0.05, 0) is 80.4 Å². The van der Waals surface area contributed by atoms with E-state index in [0.717, 1.165) is 33.5 Å². The molecule has 0 spiro atoms. The summed E-state index contributed by atoms with van der Waals surface area (Å²) in [6, 6.07) is 20.1. The molecule has 2 heterocycles. The standard InChI is InChI=1S/C27H29N3O3/c1-27(2,3)33-26(31)18-30-15-12-22-16-23(6-9-25(22)30)29-17-20-4-7-24(8-5-20)32-19-21-10-13-28-14-11-21/h4-16,29H,17-19H2,1-3H3. The van der Waals surface area contributed by atoms with Gasteiger partial charge in [-0.3, -0.25) is 9.78 Å². The summed E-state index contributed by atoms with van der Waals surface area (Å²) < 4.78 is 13.2. The van der Waals surface area contributed by atoms with Crippen molar-refractivity contribution in [2.24, 2.45) is 0 Å². The molecule has 0 saturated heterocycles. The zero-order valence-corrected chi connectivity index (χ0v) is 19.2. The third-order valence-electron chi connectivity index (χ3n) is 5.07. The van der Waals surface area contributed by atoms with Crippen LogP contribution in [0.25, 0.3) is 10.9 Å². The molecule has 1 N–H and O–H groups in total. The first kappa shape index (κ1) is 22.4. The Kier molecular flexibility index (Phi) is 6.63. The molecular formula is C27H29N3O3. The highest BCUT2D eigenvalue weighted by molar-refractivity contribution is 5.85. The molecule has 0 aliphatic carbocycles. The van der Waals surface area contributed by atoms with Gasteiger partial charge in [-0.1, -0.05) is 12.1 Å². The summed E-state index contributed by atoms with van der Waals surface area (Å²) >= 11 is 0. The van der Waals surface area contributed by atoms with Crippen LogP contribution in [0.15, 0.2) is 79.3 Å². The fourth-order valence-corrected chi connectivity index (χ4v) is 3.51. The molecule has 4 rings (SSSR count). The Labute approximate surface area is 194 Å². The van der Waals surface area contributed by atoms with Gasteiger partial charge in [0, 0.05) is 41.7 Å². The highest BCUT2D eigenvalue weighted by Crippen LogP contribution is 2.22. The van der Waals surface area contributed by atoms with Gasteiger partial charge >= 0.3 is 5.97 Å². The van der Waals surface area contributed by atoms with E-state index in [2.05, 4.69) is 28.5 Å². The second-order valence-corrected chi connectivity index (χ2v) is 8.95. The molecule has 0 radical (unpaired) electrons. The third-order valence-corrected chi connectivity index (χ3v) is 5.07. The first-order chi connectivity index (χ1) is 15.9. The lowest BCUT2D eigenvalue weighted by Crippen LogP contribution is -2.26. The van der Waals surface area contributed by atoms with Crippen molar-refractivity contribution in [2.45, 2.75) is 46.1 Å². The number of carbonyl (C=O) groups excluding carboxylic acids is 1. The number of pyridine rings is 1. The Morgan fingerprint density at radius 2 is 1.73 bits per heavy atom. The van der Waals surface area contributed by atoms with Gasteiger partial charge in [-0.2, -0.15) is 0 Å². The number of nitrogens with one attached hydrogen (secondary N) is 1. The van der Waals surface area contributed by atoms with E-state index in [0.29, 0.717) is 13.2 Å². The van der Waals surface area contributed by atoms with Crippen LogP contribution in [-0.4, -0.2) is 21.1 Å². The lowest BCUT2D eigenvalue weighted by Gasteiger charge is -2.19. The number of hydrogen-bond donors (Lipinski definition) is 1. The van der Waals surface area contributed by atoms with E-state index in [1.165, 1.54) is 0 Å². The topological polar surface area (TPSA) is 65.4 Å². The van der Waals surface area contributed by atoms with Crippen LogP contribution >= 0.6 is 0 Å². The van der Waals surface area contributed by atoms with Crippen LogP contribution in [0.2, 0.25) is 0 Å². The van der Waals surface area contributed by atoms with Crippen LogP contribution in [0.3, 0.4) is 0 Å². The summed E-state index contributed by atoms with van der Waals surface area (Å²) in [6.45, 7) is 7.05. The summed E-state index contributed by atoms with van der Waals surface area (Å²) in [5, 5.41) is 4.54. The van der Waals surface area contributed by atoms with Crippen LogP contribution < -0.4 is 10.1 Å². The van der Waals surface area contributed by atoms with Crippen LogP contribution in [0.1, 0.15) is 31.9 Å². The number of carbonyl (C=O) groups is 1. The van der Waals surface area contributed by atoms with E-state index in [-0.39, 0.29) is 12.5 Å². The van der Waals surface area contributed by atoms with Crippen molar-refractivity contribution >= 4 is 22.6 Å². The number of hydrogen-bond acceptors (Lipinski definition) is 5. The molecule has 0 aliphatic heterocycles. The van der Waals surface area contributed by atoms with Crippen LogP contribution in [0, 0.1) is 0 Å². The van der Waals surface area contributed by atoms with E-state index in [9.17, 15) is 4.79 Å². The number of fused-ring (bicyclic) bond motifs is 1. The minimum absolute atomic E-state index is 0.198. The molecule has 6 heteroatoms. The van der Waals surface area contributed by atoms with Crippen molar-refractivity contribution in [1.29, 1.82) is 0 Å². The van der Waals surface area contributed by atoms with E-state index in [1.54, 1.807) is 12.4 Å². The number of esters is 1. The lowest BCUT2D eigenvalue weighted by molar-refractivity contribution is -0.155. The fraction of sp³-hybridized carbons (Fsp3) is 0.259. The quantitative estimate of drug-likeness (QED) is 0.361. The van der Waals surface area contributed by atoms with Crippen LogP contribution in [0.5, 0.6) is 5.75 Å². The molecule has 0 bridgehead atoms. The number of anilines is 1. The first-order valence-electron chi connectivity index (χ1n) is 11.0. The van der Waals surface area contributed by atoms with E-state index in [4.69, 9.17) is 9.47 Å². The zero-order valence-electron chi connectivity index (χ0n) is 19.2. The summed E-state index contributed by atoms with van der Waals surface area (Å²) in [7, 11) is 0.